The molecule has 21 heavy (non-hydrogen) atoms. The fraction of sp³-hybridized carbons (Fsp3) is 0.294. The number of fused-ring (bicyclic) bond motifs is 1. The summed E-state index contributed by atoms with van der Waals surface area (Å²) in [5, 5.41) is 0. The third-order valence-electron chi connectivity index (χ3n) is 3.94. The normalized spacial score (nSPS) is 11.5. The lowest BCUT2D eigenvalue weighted by Gasteiger charge is -2.16. The molecule has 0 spiro atoms. The van der Waals surface area contributed by atoms with Crippen LogP contribution in [0.25, 0.3) is 22.4 Å². The fourth-order valence-electron chi connectivity index (χ4n) is 2.78. The van der Waals surface area contributed by atoms with Gasteiger partial charge >= 0.3 is 0 Å². The van der Waals surface area contributed by atoms with Crippen LogP contribution in [-0.2, 0) is 0 Å². The summed E-state index contributed by atoms with van der Waals surface area (Å²) < 4.78 is 2.25. The highest BCUT2D eigenvalue weighted by atomic mass is 15.1. The van der Waals surface area contributed by atoms with Gasteiger partial charge in [-0.15, -0.1) is 0 Å². The molecule has 2 aromatic heterocycles. The fourth-order valence-corrected chi connectivity index (χ4v) is 2.78. The van der Waals surface area contributed by atoms with Crippen LogP contribution in [0.2, 0.25) is 0 Å². The van der Waals surface area contributed by atoms with Crippen LogP contribution in [0.5, 0.6) is 0 Å². The lowest BCUT2D eigenvalue weighted by Crippen LogP contribution is -2.05. The van der Waals surface area contributed by atoms with E-state index < -0.39 is 0 Å². The smallest absolute Gasteiger partial charge is 0.141 e. The van der Waals surface area contributed by atoms with E-state index >= 15 is 0 Å². The summed E-state index contributed by atoms with van der Waals surface area (Å²) in [5.74, 6) is 0.959. The van der Waals surface area contributed by atoms with Crippen LogP contribution in [0.3, 0.4) is 0 Å². The Kier molecular flexibility index (Phi) is 3.16. The number of imidazole rings is 1. The van der Waals surface area contributed by atoms with Crippen molar-refractivity contribution in [3.05, 3.63) is 41.7 Å². The molecule has 108 valence electrons. The molecule has 0 saturated carbocycles. The highest BCUT2D eigenvalue weighted by molar-refractivity contribution is 5.81. The van der Waals surface area contributed by atoms with Crippen molar-refractivity contribution in [2.24, 2.45) is 0 Å². The van der Waals surface area contributed by atoms with Crippen LogP contribution in [-0.4, -0.2) is 14.5 Å². The average Bonchev–Trinajstić information content (AvgIpc) is 2.82. The minimum absolute atomic E-state index is 0.313. The Hall–Kier alpha value is -2.36. The van der Waals surface area contributed by atoms with Gasteiger partial charge in [0.1, 0.15) is 11.3 Å². The van der Waals surface area contributed by atoms with Gasteiger partial charge in [-0.1, -0.05) is 0 Å². The minimum Gasteiger partial charge on any atom is -0.399 e. The van der Waals surface area contributed by atoms with Crippen LogP contribution >= 0.6 is 0 Å². The van der Waals surface area contributed by atoms with E-state index in [0.717, 1.165) is 28.1 Å². The van der Waals surface area contributed by atoms with Gasteiger partial charge in [0, 0.05) is 23.5 Å². The lowest BCUT2D eigenvalue weighted by atomic mass is 10.0. The van der Waals surface area contributed by atoms with Crippen LogP contribution < -0.4 is 5.73 Å². The molecule has 4 nitrogen and oxygen atoms in total. The molecule has 1 aromatic carbocycles. The molecule has 0 saturated heterocycles. The Morgan fingerprint density at radius 2 is 1.95 bits per heavy atom. The second-order valence-electron chi connectivity index (χ2n) is 5.77. The van der Waals surface area contributed by atoms with E-state index in [-0.39, 0.29) is 0 Å². The van der Waals surface area contributed by atoms with Gasteiger partial charge in [0.05, 0.1) is 11.7 Å². The van der Waals surface area contributed by atoms with E-state index in [1.807, 2.05) is 30.6 Å². The summed E-state index contributed by atoms with van der Waals surface area (Å²) in [7, 11) is 0. The quantitative estimate of drug-likeness (QED) is 0.725. The number of nitrogen functional groups attached to an aromatic ring is 1. The van der Waals surface area contributed by atoms with Crippen molar-refractivity contribution in [3.63, 3.8) is 0 Å². The first kappa shape index (κ1) is 13.6. The average molecular weight is 280 g/mol. The van der Waals surface area contributed by atoms with Crippen molar-refractivity contribution < 1.29 is 0 Å². The van der Waals surface area contributed by atoms with E-state index in [1.165, 1.54) is 11.1 Å². The van der Waals surface area contributed by atoms with Gasteiger partial charge in [-0.25, -0.2) is 4.98 Å². The molecular formula is C17H20N4. The Morgan fingerprint density at radius 1 is 1.19 bits per heavy atom. The van der Waals surface area contributed by atoms with Crippen molar-refractivity contribution in [1.29, 1.82) is 0 Å². The Labute approximate surface area is 124 Å². The Morgan fingerprint density at radius 3 is 2.67 bits per heavy atom. The van der Waals surface area contributed by atoms with Gasteiger partial charge in [-0.05, 0) is 57.0 Å². The Bertz CT molecular complexity index is 815. The predicted octanol–water partition coefficient (Wildman–Crippen LogP) is 3.88. The van der Waals surface area contributed by atoms with E-state index in [0.29, 0.717) is 6.04 Å². The van der Waals surface area contributed by atoms with Gasteiger partial charge in [0.2, 0.25) is 0 Å². The van der Waals surface area contributed by atoms with Gasteiger partial charge in [-0.2, -0.15) is 0 Å². The van der Waals surface area contributed by atoms with Crippen molar-refractivity contribution in [1.82, 2.24) is 14.5 Å². The monoisotopic (exact) mass is 280 g/mol. The van der Waals surface area contributed by atoms with Crippen LogP contribution in [0.15, 0.2) is 30.6 Å². The van der Waals surface area contributed by atoms with Crippen LogP contribution in [0, 0.1) is 13.8 Å². The molecule has 0 atom stereocenters. The number of aryl methyl sites for hydroxylation is 1. The minimum atomic E-state index is 0.313. The first-order chi connectivity index (χ1) is 9.99. The largest absolute Gasteiger partial charge is 0.399 e. The molecule has 2 N–H and O–H groups in total. The number of nitrogens with two attached hydrogens (primary N) is 1. The molecule has 0 radical (unpaired) electrons. The summed E-state index contributed by atoms with van der Waals surface area (Å²) in [6, 6.07) is 6.34. The van der Waals surface area contributed by atoms with E-state index in [2.05, 4.69) is 37.2 Å². The molecule has 4 heteroatoms. The van der Waals surface area contributed by atoms with Crippen molar-refractivity contribution >= 4 is 16.7 Å². The maximum Gasteiger partial charge on any atom is 0.141 e. The third-order valence-corrected chi connectivity index (χ3v) is 3.94. The van der Waals surface area contributed by atoms with Crippen LogP contribution in [0.4, 0.5) is 5.69 Å². The number of anilines is 1. The van der Waals surface area contributed by atoms with Crippen molar-refractivity contribution in [3.8, 4) is 11.4 Å². The molecule has 0 aliphatic rings. The standard InChI is InChI=1S/C17H20N4/c1-10(2)21-16-5-6-19-9-15(16)20-17(21)14-8-13(18)7-11(3)12(14)4/h5-10H,18H2,1-4H3. The lowest BCUT2D eigenvalue weighted by molar-refractivity contribution is 0.624. The number of hydrogen-bond acceptors (Lipinski definition) is 3. The second-order valence-corrected chi connectivity index (χ2v) is 5.77. The van der Waals surface area contributed by atoms with Gasteiger partial charge < -0.3 is 10.3 Å². The topological polar surface area (TPSA) is 56.7 Å². The molecule has 0 bridgehead atoms. The molecule has 3 rings (SSSR count). The molecular weight excluding hydrogens is 260 g/mol. The molecule has 0 fully saturated rings. The molecule has 0 aliphatic heterocycles. The first-order valence-corrected chi connectivity index (χ1v) is 7.18. The first-order valence-electron chi connectivity index (χ1n) is 7.18. The summed E-state index contributed by atoms with van der Waals surface area (Å²) in [6.07, 6.45) is 3.62. The SMILES string of the molecule is Cc1cc(N)cc(-c2nc3cnccc3n2C(C)C)c1C. The number of aromatic nitrogens is 3. The van der Waals surface area contributed by atoms with Crippen LogP contribution in [0.1, 0.15) is 31.0 Å². The number of pyridine rings is 1. The van der Waals surface area contributed by atoms with E-state index in [4.69, 9.17) is 10.7 Å². The zero-order valence-corrected chi connectivity index (χ0v) is 12.9. The van der Waals surface area contributed by atoms with Crippen molar-refractivity contribution in [2.75, 3.05) is 5.73 Å². The summed E-state index contributed by atoms with van der Waals surface area (Å²) in [5.41, 5.74) is 12.3. The van der Waals surface area contributed by atoms with Gasteiger partial charge in [0.25, 0.3) is 0 Å². The maximum atomic E-state index is 6.04. The predicted molar refractivity (Wildman–Crippen MR) is 87.2 cm³/mol. The zero-order chi connectivity index (χ0) is 15.1. The molecule has 0 amide bonds. The second kappa shape index (κ2) is 4.88. The molecule has 0 aliphatic carbocycles. The highest BCUT2D eigenvalue weighted by Gasteiger charge is 2.17. The third kappa shape index (κ3) is 2.17. The molecule has 3 aromatic rings. The summed E-state index contributed by atoms with van der Waals surface area (Å²) >= 11 is 0. The summed E-state index contributed by atoms with van der Waals surface area (Å²) in [6.45, 7) is 8.53. The number of benzene rings is 1. The van der Waals surface area contributed by atoms with Gasteiger partial charge in [-0.3, -0.25) is 4.98 Å². The summed E-state index contributed by atoms with van der Waals surface area (Å²) in [4.78, 5) is 8.97. The highest BCUT2D eigenvalue weighted by Crippen LogP contribution is 2.32. The number of hydrogen-bond donors (Lipinski definition) is 1. The van der Waals surface area contributed by atoms with Crippen molar-refractivity contribution in [2.45, 2.75) is 33.7 Å². The van der Waals surface area contributed by atoms with E-state index in [9.17, 15) is 0 Å². The zero-order valence-electron chi connectivity index (χ0n) is 12.9. The van der Waals surface area contributed by atoms with Gasteiger partial charge in [0.15, 0.2) is 0 Å². The number of rotatable bonds is 2. The Balaban J connectivity index is 2.38. The number of nitrogens with zero attached hydrogens (tertiary/aromatic N) is 3. The van der Waals surface area contributed by atoms with E-state index in [1.54, 1.807) is 0 Å². The maximum absolute atomic E-state index is 6.04. The molecule has 2 heterocycles. The molecule has 0 unspecified atom stereocenters.